The first-order valence-corrected chi connectivity index (χ1v) is 6.60. The van der Waals surface area contributed by atoms with Gasteiger partial charge < -0.3 is 10.5 Å². The molecule has 1 aromatic carbocycles. The standard InChI is InChI=1S/C13H12BrN3O3/c1-8(15)12-3-2-4-16-13(12)20-11-6-9(14)5-10(7-11)17(18)19/h2-8H,15H2,1H3/t8-/m1/s1. The van der Waals surface area contributed by atoms with E-state index >= 15 is 0 Å². The molecule has 6 nitrogen and oxygen atoms in total. The smallest absolute Gasteiger partial charge is 0.274 e. The van der Waals surface area contributed by atoms with Gasteiger partial charge in [-0.2, -0.15) is 0 Å². The third-order valence-electron chi connectivity index (χ3n) is 2.57. The highest BCUT2D eigenvalue weighted by molar-refractivity contribution is 9.10. The average molecular weight is 338 g/mol. The summed E-state index contributed by atoms with van der Waals surface area (Å²) < 4.78 is 6.17. The van der Waals surface area contributed by atoms with E-state index in [4.69, 9.17) is 10.5 Å². The summed E-state index contributed by atoms with van der Waals surface area (Å²) in [6.07, 6.45) is 1.58. The normalized spacial score (nSPS) is 11.9. The van der Waals surface area contributed by atoms with E-state index in [-0.39, 0.29) is 11.7 Å². The van der Waals surface area contributed by atoms with Gasteiger partial charge in [0.2, 0.25) is 5.88 Å². The summed E-state index contributed by atoms with van der Waals surface area (Å²) in [6, 6.07) is 7.68. The lowest BCUT2D eigenvalue weighted by Gasteiger charge is -2.12. The number of pyridine rings is 1. The van der Waals surface area contributed by atoms with Crippen LogP contribution in [0.1, 0.15) is 18.5 Å². The minimum Gasteiger partial charge on any atom is -0.438 e. The molecule has 0 aliphatic heterocycles. The van der Waals surface area contributed by atoms with Crippen LogP contribution in [-0.2, 0) is 0 Å². The molecule has 2 aromatic rings. The van der Waals surface area contributed by atoms with E-state index < -0.39 is 4.92 Å². The largest absolute Gasteiger partial charge is 0.438 e. The zero-order valence-electron chi connectivity index (χ0n) is 10.6. The van der Waals surface area contributed by atoms with E-state index in [0.29, 0.717) is 16.1 Å². The number of nitrogens with two attached hydrogens (primary N) is 1. The van der Waals surface area contributed by atoms with Crippen LogP contribution in [0.3, 0.4) is 0 Å². The molecule has 0 fully saturated rings. The third-order valence-corrected chi connectivity index (χ3v) is 3.03. The second kappa shape index (κ2) is 5.98. The molecule has 2 N–H and O–H groups in total. The number of benzene rings is 1. The van der Waals surface area contributed by atoms with Crippen LogP contribution in [0.15, 0.2) is 41.0 Å². The molecule has 0 bridgehead atoms. The van der Waals surface area contributed by atoms with Crippen molar-refractivity contribution in [3.05, 3.63) is 56.7 Å². The molecule has 0 spiro atoms. The topological polar surface area (TPSA) is 91.3 Å². The van der Waals surface area contributed by atoms with Gasteiger partial charge in [-0.25, -0.2) is 4.98 Å². The molecule has 0 aliphatic carbocycles. The summed E-state index contributed by atoms with van der Waals surface area (Å²) in [4.78, 5) is 14.5. The van der Waals surface area contributed by atoms with E-state index in [1.54, 1.807) is 24.4 Å². The summed E-state index contributed by atoms with van der Waals surface area (Å²) in [5.41, 5.74) is 6.51. The molecule has 0 saturated carbocycles. The fraction of sp³-hybridized carbons (Fsp3) is 0.154. The Morgan fingerprint density at radius 3 is 2.85 bits per heavy atom. The van der Waals surface area contributed by atoms with Crippen molar-refractivity contribution in [1.29, 1.82) is 0 Å². The second-order valence-electron chi connectivity index (χ2n) is 4.19. The maximum absolute atomic E-state index is 10.8. The van der Waals surface area contributed by atoms with Crippen molar-refractivity contribution in [1.82, 2.24) is 4.98 Å². The summed E-state index contributed by atoms with van der Waals surface area (Å²) >= 11 is 3.21. The Hall–Kier alpha value is -1.99. The maximum atomic E-state index is 10.8. The Morgan fingerprint density at radius 1 is 1.45 bits per heavy atom. The number of non-ortho nitro benzene ring substituents is 1. The van der Waals surface area contributed by atoms with E-state index in [2.05, 4.69) is 20.9 Å². The van der Waals surface area contributed by atoms with Crippen LogP contribution in [0.2, 0.25) is 0 Å². The van der Waals surface area contributed by atoms with Crippen LogP contribution in [0.25, 0.3) is 0 Å². The number of halogens is 1. The number of nitro benzene ring substituents is 1. The summed E-state index contributed by atoms with van der Waals surface area (Å²) in [7, 11) is 0. The Kier molecular flexibility index (Phi) is 4.31. The van der Waals surface area contributed by atoms with Gasteiger partial charge in [-0.15, -0.1) is 0 Å². The lowest BCUT2D eigenvalue weighted by atomic mass is 10.1. The SMILES string of the molecule is C[C@@H](N)c1cccnc1Oc1cc(Br)cc([N+](=O)[O-])c1. The third kappa shape index (κ3) is 3.31. The van der Waals surface area contributed by atoms with Crippen LogP contribution in [-0.4, -0.2) is 9.91 Å². The number of hydrogen-bond donors (Lipinski definition) is 1. The van der Waals surface area contributed by atoms with Gasteiger partial charge >= 0.3 is 0 Å². The fourth-order valence-corrected chi connectivity index (χ4v) is 2.12. The van der Waals surface area contributed by atoms with E-state index in [0.717, 1.165) is 5.56 Å². The highest BCUT2D eigenvalue weighted by atomic mass is 79.9. The van der Waals surface area contributed by atoms with Gasteiger partial charge in [0.05, 0.1) is 11.0 Å². The highest BCUT2D eigenvalue weighted by Gasteiger charge is 2.13. The Morgan fingerprint density at radius 2 is 2.20 bits per heavy atom. The predicted octanol–water partition coefficient (Wildman–Crippen LogP) is 3.56. The monoisotopic (exact) mass is 337 g/mol. The summed E-state index contributed by atoms with van der Waals surface area (Å²) in [5, 5.41) is 10.8. The molecule has 0 saturated heterocycles. The first kappa shape index (κ1) is 14.4. The maximum Gasteiger partial charge on any atom is 0.274 e. The average Bonchev–Trinajstić information content (AvgIpc) is 2.38. The molecule has 1 atom stereocenters. The Balaban J connectivity index is 2.37. The molecule has 0 aliphatic rings. The van der Waals surface area contributed by atoms with Crippen molar-refractivity contribution in [3.63, 3.8) is 0 Å². The Labute approximate surface area is 123 Å². The molecule has 7 heteroatoms. The number of nitro groups is 1. The van der Waals surface area contributed by atoms with Gasteiger partial charge in [0.25, 0.3) is 5.69 Å². The Bertz CT molecular complexity index is 647. The molecule has 2 rings (SSSR count). The van der Waals surface area contributed by atoms with Gasteiger partial charge in [-0.3, -0.25) is 10.1 Å². The molecule has 104 valence electrons. The number of ether oxygens (including phenoxy) is 1. The molecule has 0 unspecified atom stereocenters. The predicted molar refractivity (Wildman–Crippen MR) is 77.7 cm³/mol. The van der Waals surface area contributed by atoms with Gasteiger partial charge in [0.1, 0.15) is 5.75 Å². The van der Waals surface area contributed by atoms with Gasteiger partial charge in [-0.1, -0.05) is 22.0 Å². The molecular formula is C13H12BrN3O3. The summed E-state index contributed by atoms with van der Waals surface area (Å²) in [5.74, 6) is 0.668. The van der Waals surface area contributed by atoms with Gasteiger partial charge in [0, 0.05) is 28.3 Å². The van der Waals surface area contributed by atoms with Crippen LogP contribution in [0.4, 0.5) is 5.69 Å². The van der Waals surface area contributed by atoms with Crippen LogP contribution >= 0.6 is 15.9 Å². The molecule has 0 amide bonds. The quantitative estimate of drug-likeness (QED) is 0.680. The lowest BCUT2D eigenvalue weighted by molar-refractivity contribution is -0.385. The molecular weight excluding hydrogens is 326 g/mol. The van der Waals surface area contributed by atoms with Gasteiger partial charge in [-0.05, 0) is 19.1 Å². The first-order valence-electron chi connectivity index (χ1n) is 5.80. The zero-order valence-corrected chi connectivity index (χ0v) is 12.2. The van der Waals surface area contributed by atoms with Crippen molar-refractivity contribution in [3.8, 4) is 11.6 Å². The number of nitrogens with zero attached hydrogens (tertiary/aromatic N) is 2. The van der Waals surface area contributed by atoms with Crippen molar-refractivity contribution < 1.29 is 9.66 Å². The van der Waals surface area contributed by atoms with Gasteiger partial charge in [0.15, 0.2) is 0 Å². The zero-order chi connectivity index (χ0) is 14.7. The molecule has 1 heterocycles. The number of aromatic nitrogens is 1. The molecule has 0 radical (unpaired) electrons. The second-order valence-corrected chi connectivity index (χ2v) is 5.11. The van der Waals surface area contributed by atoms with Crippen molar-refractivity contribution in [2.24, 2.45) is 5.73 Å². The van der Waals surface area contributed by atoms with E-state index in [9.17, 15) is 10.1 Å². The van der Waals surface area contributed by atoms with Crippen LogP contribution < -0.4 is 10.5 Å². The van der Waals surface area contributed by atoms with Crippen molar-refractivity contribution in [2.45, 2.75) is 13.0 Å². The molecule has 20 heavy (non-hydrogen) atoms. The minimum absolute atomic E-state index is 0.0624. The van der Waals surface area contributed by atoms with Crippen LogP contribution in [0, 0.1) is 10.1 Å². The van der Waals surface area contributed by atoms with E-state index in [1.807, 2.05) is 6.92 Å². The number of rotatable bonds is 4. The minimum atomic E-state index is -0.484. The first-order chi connectivity index (χ1) is 9.47. The number of hydrogen-bond acceptors (Lipinski definition) is 5. The van der Waals surface area contributed by atoms with Crippen molar-refractivity contribution >= 4 is 21.6 Å². The van der Waals surface area contributed by atoms with Crippen molar-refractivity contribution in [2.75, 3.05) is 0 Å². The fourth-order valence-electron chi connectivity index (χ4n) is 1.66. The molecule has 1 aromatic heterocycles. The van der Waals surface area contributed by atoms with E-state index in [1.165, 1.54) is 12.1 Å². The highest BCUT2D eigenvalue weighted by Crippen LogP contribution is 2.31. The lowest BCUT2D eigenvalue weighted by Crippen LogP contribution is -2.07. The van der Waals surface area contributed by atoms with Crippen LogP contribution in [0.5, 0.6) is 11.6 Å². The summed E-state index contributed by atoms with van der Waals surface area (Å²) in [6.45, 7) is 1.81.